The number of aromatic nitrogens is 1. The van der Waals surface area contributed by atoms with Crippen LogP contribution in [0.3, 0.4) is 0 Å². The van der Waals surface area contributed by atoms with Crippen molar-refractivity contribution in [3.05, 3.63) is 104 Å². The second-order valence-electron chi connectivity index (χ2n) is 6.93. The summed E-state index contributed by atoms with van der Waals surface area (Å²) in [5.41, 5.74) is 4.59. The van der Waals surface area contributed by atoms with E-state index < -0.39 is 0 Å². The summed E-state index contributed by atoms with van der Waals surface area (Å²) in [6, 6.07) is 21.7. The van der Waals surface area contributed by atoms with E-state index in [0.717, 1.165) is 48.3 Å². The number of rotatable bonds is 4. The molecule has 4 aromatic rings. The normalized spacial score (nSPS) is 11.1. The monoisotopic (exact) mass is 451 g/mol. The molecule has 0 aliphatic rings. The molecule has 0 unspecified atom stereocenters. The first kappa shape index (κ1) is 19.0. The number of ketones is 1. The number of fused-ring (bicyclic) bond motifs is 1. The van der Waals surface area contributed by atoms with Crippen LogP contribution < -0.4 is 0 Å². The molecule has 4 heteroatoms. The molecular weight excluding hydrogens is 434 g/mol. The van der Waals surface area contributed by atoms with E-state index in [-0.39, 0.29) is 5.78 Å². The zero-order chi connectivity index (χ0) is 19.8. The fraction of sp³-hybridized carbons (Fsp3) is 0.125. The zero-order valence-corrected chi connectivity index (χ0v) is 18.0. The van der Waals surface area contributed by atoms with Crippen molar-refractivity contribution in [3.8, 4) is 0 Å². The quantitative estimate of drug-likeness (QED) is 0.307. The van der Waals surface area contributed by atoms with E-state index in [1.807, 2.05) is 80.6 Å². The minimum Gasteiger partial charge on any atom is -0.343 e. The molecule has 0 bridgehead atoms. The first-order valence-electron chi connectivity index (χ1n) is 9.09. The zero-order valence-electron chi connectivity index (χ0n) is 15.7. The van der Waals surface area contributed by atoms with Gasteiger partial charge in [-0.15, -0.1) is 0 Å². The van der Waals surface area contributed by atoms with Crippen LogP contribution >= 0.6 is 27.5 Å². The number of halogens is 2. The van der Waals surface area contributed by atoms with Crippen molar-refractivity contribution in [1.82, 2.24) is 4.57 Å². The van der Waals surface area contributed by atoms with E-state index in [0.29, 0.717) is 6.54 Å². The Morgan fingerprint density at radius 2 is 1.61 bits per heavy atom. The lowest BCUT2D eigenvalue weighted by atomic mass is 9.97. The van der Waals surface area contributed by atoms with Gasteiger partial charge in [0.1, 0.15) is 0 Å². The van der Waals surface area contributed by atoms with E-state index in [4.69, 9.17) is 11.6 Å². The molecule has 1 aromatic heterocycles. The molecule has 0 atom stereocenters. The molecule has 1 heterocycles. The highest BCUT2D eigenvalue weighted by Crippen LogP contribution is 2.32. The van der Waals surface area contributed by atoms with Gasteiger partial charge >= 0.3 is 0 Å². The van der Waals surface area contributed by atoms with E-state index in [9.17, 15) is 4.79 Å². The smallest absolute Gasteiger partial charge is 0.196 e. The Morgan fingerprint density at radius 3 is 2.36 bits per heavy atom. The maximum Gasteiger partial charge on any atom is 0.196 e. The molecular formula is C24H19BrClNO. The topological polar surface area (TPSA) is 22.0 Å². The third kappa shape index (κ3) is 3.30. The van der Waals surface area contributed by atoms with Crippen LogP contribution in [0.5, 0.6) is 0 Å². The Balaban J connectivity index is 1.80. The van der Waals surface area contributed by atoms with Crippen LogP contribution in [-0.2, 0) is 6.54 Å². The van der Waals surface area contributed by atoms with E-state index >= 15 is 0 Å². The van der Waals surface area contributed by atoms with Crippen LogP contribution in [0.4, 0.5) is 0 Å². The number of carbonyl (C=O) groups excluding carboxylic acids is 1. The van der Waals surface area contributed by atoms with Crippen molar-refractivity contribution in [3.63, 3.8) is 0 Å². The van der Waals surface area contributed by atoms with Gasteiger partial charge in [-0.05, 0) is 58.2 Å². The lowest BCUT2D eigenvalue weighted by molar-refractivity contribution is 0.103. The largest absolute Gasteiger partial charge is 0.343 e. The molecule has 4 rings (SSSR count). The molecule has 140 valence electrons. The van der Waals surface area contributed by atoms with Crippen molar-refractivity contribution < 1.29 is 4.79 Å². The average Bonchev–Trinajstić information content (AvgIpc) is 2.92. The second-order valence-corrected chi connectivity index (χ2v) is 8.16. The standard InChI is InChI=1S/C24H19BrClNO/c1-15-22(24(28)21-9-5-7-18-6-3-4-8-20(18)21)23(25)16(2)27(15)14-17-10-12-19(26)13-11-17/h3-13H,14H2,1-2H3. The molecule has 0 radical (unpaired) electrons. The number of carbonyl (C=O) groups is 1. The Labute approximate surface area is 177 Å². The second kappa shape index (κ2) is 7.57. The number of nitrogens with zero attached hydrogens (tertiary/aromatic N) is 1. The molecule has 0 amide bonds. The minimum absolute atomic E-state index is 0.0409. The van der Waals surface area contributed by atoms with Crippen molar-refractivity contribution in [2.75, 3.05) is 0 Å². The van der Waals surface area contributed by atoms with Crippen LogP contribution in [-0.4, -0.2) is 10.4 Å². The molecule has 0 N–H and O–H groups in total. The van der Waals surface area contributed by atoms with Crippen LogP contribution in [0, 0.1) is 13.8 Å². The number of hydrogen-bond acceptors (Lipinski definition) is 1. The predicted molar refractivity (Wildman–Crippen MR) is 120 cm³/mol. The molecule has 3 aromatic carbocycles. The summed E-state index contributed by atoms with van der Waals surface area (Å²) in [6.45, 7) is 4.73. The maximum absolute atomic E-state index is 13.5. The van der Waals surface area contributed by atoms with Crippen molar-refractivity contribution in [1.29, 1.82) is 0 Å². The SMILES string of the molecule is Cc1c(Br)c(C(=O)c2cccc3ccccc23)c(C)n1Cc1ccc(Cl)cc1. The third-order valence-corrected chi connectivity index (χ3v) is 6.45. The van der Waals surface area contributed by atoms with Crippen LogP contribution in [0.15, 0.2) is 71.2 Å². The molecule has 0 spiro atoms. The van der Waals surface area contributed by atoms with Gasteiger partial charge in [-0.3, -0.25) is 4.79 Å². The fourth-order valence-corrected chi connectivity index (χ4v) is 4.48. The van der Waals surface area contributed by atoms with Gasteiger partial charge < -0.3 is 4.57 Å². The summed E-state index contributed by atoms with van der Waals surface area (Å²) in [6.07, 6.45) is 0. The number of hydrogen-bond donors (Lipinski definition) is 0. The summed E-state index contributed by atoms with van der Waals surface area (Å²) in [5.74, 6) is 0.0409. The molecule has 2 nitrogen and oxygen atoms in total. The molecule has 28 heavy (non-hydrogen) atoms. The Hall–Kier alpha value is -2.36. The lowest BCUT2D eigenvalue weighted by Gasteiger charge is -2.10. The van der Waals surface area contributed by atoms with Crippen molar-refractivity contribution in [2.45, 2.75) is 20.4 Å². The van der Waals surface area contributed by atoms with Crippen LogP contribution in [0.2, 0.25) is 5.02 Å². The molecule has 0 aliphatic carbocycles. The minimum atomic E-state index is 0.0409. The van der Waals surface area contributed by atoms with Gasteiger partial charge in [-0.2, -0.15) is 0 Å². The first-order valence-corrected chi connectivity index (χ1v) is 10.3. The first-order chi connectivity index (χ1) is 13.5. The van der Waals surface area contributed by atoms with Gasteiger partial charge in [0, 0.05) is 33.0 Å². The highest BCUT2D eigenvalue weighted by molar-refractivity contribution is 9.10. The summed E-state index contributed by atoms with van der Waals surface area (Å²) >= 11 is 9.68. The summed E-state index contributed by atoms with van der Waals surface area (Å²) < 4.78 is 3.03. The number of benzene rings is 3. The Bertz CT molecular complexity index is 1190. The van der Waals surface area contributed by atoms with Crippen molar-refractivity contribution in [2.24, 2.45) is 0 Å². The molecule has 0 fully saturated rings. The highest BCUT2D eigenvalue weighted by atomic mass is 79.9. The average molecular weight is 453 g/mol. The van der Waals surface area contributed by atoms with Crippen LogP contribution in [0.25, 0.3) is 10.8 Å². The van der Waals surface area contributed by atoms with Gasteiger partial charge in [0.25, 0.3) is 0 Å². The summed E-state index contributed by atoms with van der Waals surface area (Å²) in [4.78, 5) is 13.5. The van der Waals surface area contributed by atoms with Crippen LogP contribution in [0.1, 0.15) is 32.9 Å². The summed E-state index contributed by atoms with van der Waals surface area (Å²) in [7, 11) is 0. The van der Waals surface area contributed by atoms with E-state index in [2.05, 4.69) is 20.5 Å². The van der Waals surface area contributed by atoms with Gasteiger partial charge in [0.2, 0.25) is 0 Å². The third-order valence-electron chi connectivity index (χ3n) is 5.22. The molecule has 0 saturated heterocycles. The Kier molecular flexibility index (Phi) is 5.13. The Morgan fingerprint density at radius 1 is 0.929 bits per heavy atom. The van der Waals surface area contributed by atoms with Gasteiger partial charge in [0.15, 0.2) is 5.78 Å². The van der Waals surface area contributed by atoms with E-state index in [1.54, 1.807) is 0 Å². The highest BCUT2D eigenvalue weighted by Gasteiger charge is 2.23. The molecule has 0 saturated carbocycles. The van der Waals surface area contributed by atoms with Gasteiger partial charge in [-0.1, -0.05) is 66.2 Å². The summed E-state index contributed by atoms with van der Waals surface area (Å²) in [5, 5.41) is 2.77. The predicted octanol–water partition coefficient (Wildman–Crippen LogP) is 6.95. The van der Waals surface area contributed by atoms with Gasteiger partial charge in [0.05, 0.1) is 5.56 Å². The fourth-order valence-electron chi connectivity index (χ4n) is 3.68. The maximum atomic E-state index is 13.5. The van der Waals surface area contributed by atoms with Gasteiger partial charge in [-0.25, -0.2) is 0 Å². The lowest BCUT2D eigenvalue weighted by Crippen LogP contribution is -2.07. The van der Waals surface area contributed by atoms with Crippen molar-refractivity contribution >= 4 is 44.1 Å². The van der Waals surface area contributed by atoms with E-state index in [1.165, 1.54) is 0 Å². The molecule has 0 aliphatic heterocycles.